The number of rotatable bonds is 5. The molecule has 0 aliphatic carbocycles. The second-order valence-electron chi connectivity index (χ2n) is 6.26. The van der Waals surface area contributed by atoms with Crippen LogP contribution in [0.1, 0.15) is 42.0 Å². The van der Waals surface area contributed by atoms with Gasteiger partial charge in [0, 0.05) is 23.8 Å². The Morgan fingerprint density at radius 1 is 1.15 bits per heavy atom. The molecule has 134 valence electrons. The van der Waals surface area contributed by atoms with Crippen molar-refractivity contribution in [1.82, 2.24) is 5.01 Å². The molecule has 1 amide bonds. The van der Waals surface area contributed by atoms with Gasteiger partial charge in [0.25, 0.3) is 0 Å². The van der Waals surface area contributed by atoms with Crippen molar-refractivity contribution < 1.29 is 14.7 Å². The molecule has 0 radical (unpaired) electrons. The standard InChI is InChI=1S/C20H19ClN2O3/c1-13-6-8-14(9-7-13)17-12-18(15-4-2-3-5-16(15)21)23(22-17)19(24)10-11-20(25)26/h2-9,18H,10-12H2,1H3,(H,25,26)/p-1. The number of carboxylic acid groups (broad SMARTS) is 1. The van der Waals surface area contributed by atoms with Crippen LogP contribution in [0.25, 0.3) is 0 Å². The molecule has 1 aliphatic rings. The summed E-state index contributed by atoms with van der Waals surface area (Å²) in [7, 11) is 0. The summed E-state index contributed by atoms with van der Waals surface area (Å²) >= 11 is 6.32. The third kappa shape index (κ3) is 3.94. The molecule has 26 heavy (non-hydrogen) atoms. The molecule has 2 aromatic rings. The molecule has 1 atom stereocenters. The number of amides is 1. The fourth-order valence-corrected chi connectivity index (χ4v) is 3.23. The lowest BCUT2D eigenvalue weighted by atomic mass is 9.97. The number of aryl methyl sites for hydroxylation is 1. The molecule has 0 N–H and O–H groups in total. The number of hydrazone groups is 1. The molecule has 5 nitrogen and oxygen atoms in total. The van der Waals surface area contributed by atoms with Gasteiger partial charge in [0.1, 0.15) is 0 Å². The van der Waals surface area contributed by atoms with E-state index in [-0.39, 0.29) is 24.8 Å². The van der Waals surface area contributed by atoms with Gasteiger partial charge in [0.05, 0.1) is 11.8 Å². The van der Waals surface area contributed by atoms with E-state index in [0.717, 1.165) is 22.4 Å². The predicted molar refractivity (Wildman–Crippen MR) is 97.6 cm³/mol. The van der Waals surface area contributed by atoms with E-state index in [2.05, 4.69) is 5.10 Å². The van der Waals surface area contributed by atoms with Crippen LogP contribution in [-0.2, 0) is 9.59 Å². The summed E-state index contributed by atoms with van der Waals surface area (Å²) in [5, 5.41) is 17.1. The molecule has 0 saturated carbocycles. The zero-order chi connectivity index (χ0) is 18.7. The summed E-state index contributed by atoms with van der Waals surface area (Å²) in [6.07, 6.45) is 0.0256. The third-order valence-corrected chi connectivity index (χ3v) is 4.70. The molecule has 1 heterocycles. The lowest BCUT2D eigenvalue weighted by Gasteiger charge is -2.23. The quantitative estimate of drug-likeness (QED) is 0.813. The monoisotopic (exact) mass is 369 g/mol. The van der Waals surface area contributed by atoms with Crippen LogP contribution in [0.2, 0.25) is 5.02 Å². The van der Waals surface area contributed by atoms with Crippen molar-refractivity contribution in [3.8, 4) is 0 Å². The van der Waals surface area contributed by atoms with Gasteiger partial charge in [-0.2, -0.15) is 5.10 Å². The van der Waals surface area contributed by atoms with E-state index in [1.165, 1.54) is 5.01 Å². The first kappa shape index (κ1) is 18.1. The van der Waals surface area contributed by atoms with Crippen LogP contribution in [0.5, 0.6) is 0 Å². The van der Waals surface area contributed by atoms with E-state index in [4.69, 9.17) is 11.6 Å². The van der Waals surface area contributed by atoms with Crippen LogP contribution in [0, 0.1) is 6.92 Å². The van der Waals surface area contributed by atoms with E-state index in [0.29, 0.717) is 11.4 Å². The Balaban J connectivity index is 1.93. The highest BCUT2D eigenvalue weighted by Crippen LogP contribution is 2.36. The van der Waals surface area contributed by atoms with E-state index < -0.39 is 5.97 Å². The number of carbonyl (C=O) groups excluding carboxylic acids is 2. The molecule has 1 unspecified atom stereocenters. The normalized spacial score (nSPS) is 16.5. The van der Waals surface area contributed by atoms with E-state index in [1.54, 1.807) is 6.07 Å². The van der Waals surface area contributed by atoms with Crippen LogP contribution in [0.15, 0.2) is 53.6 Å². The van der Waals surface area contributed by atoms with Gasteiger partial charge in [-0.15, -0.1) is 0 Å². The van der Waals surface area contributed by atoms with Gasteiger partial charge < -0.3 is 9.90 Å². The average molecular weight is 370 g/mol. The van der Waals surface area contributed by atoms with Gasteiger partial charge in [-0.1, -0.05) is 59.6 Å². The zero-order valence-electron chi connectivity index (χ0n) is 14.3. The Morgan fingerprint density at radius 2 is 1.85 bits per heavy atom. The maximum atomic E-state index is 12.6. The Kier molecular flexibility index (Phi) is 5.38. The minimum atomic E-state index is -1.26. The van der Waals surface area contributed by atoms with Crippen LogP contribution in [-0.4, -0.2) is 22.6 Å². The van der Waals surface area contributed by atoms with Crippen LogP contribution in [0.4, 0.5) is 0 Å². The molecular weight excluding hydrogens is 352 g/mol. The Hall–Kier alpha value is -2.66. The smallest absolute Gasteiger partial charge is 0.243 e. The average Bonchev–Trinajstić information content (AvgIpc) is 3.06. The molecule has 2 aromatic carbocycles. The third-order valence-electron chi connectivity index (χ3n) is 4.36. The first-order valence-corrected chi connectivity index (χ1v) is 8.74. The van der Waals surface area contributed by atoms with Crippen molar-refractivity contribution in [2.45, 2.75) is 32.2 Å². The summed E-state index contributed by atoms with van der Waals surface area (Å²) in [5.41, 5.74) is 3.64. The molecule has 6 heteroatoms. The Labute approximate surface area is 156 Å². The number of carboxylic acids is 1. The zero-order valence-corrected chi connectivity index (χ0v) is 15.1. The minimum Gasteiger partial charge on any atom is -0.550 e. The number of nitrogens with zero attached hydrogens (tertiary/aromatic N) is 2. The van der Waals surface area contributed by atoms with Crippen molar-refractivity contribution in [2.75, 3.05) is 0 Å². The highest BCUT2D eigenvalue weighted by atomic mass is 35.5. The number of hydrogen-bond donors (Lipinski definition) is 0. The Bertz CT molecular complexity index is 862. The maximum absolute atomic E-state index is 12.6. The van der Waals surface area contributed by atoms with E-state index in [1.807, 2.05) is 49.4 Å². The van der Waals surface area contributed by atoms with Crippen molar-refractivity contribution in [3.63, 3.8) is 0 Å². The first-order valence-electron chi connectivity index (χ1n) is 8.36. The topological polar surface area (TPSA) is 72.8 Å². The lowest BCUT2D eigenvalue weighted by Crippen LogP contribution is -2.30. The van der Waals surface area contributed by atoms with Gasteiger partial charge in [0.2, 0.25) is 5.91 Å². The number of halogens is 1. The second-order valence-corrected chi connectivity index (χ2v) is 6.67. The Morgan fingerprint density at radius 3 is 2.50 bits per heavy atom. The SMILES string of the molecule is Cc1ccc(C2=NN(C(=O)CCC(=O)[O-])C(c3ccccc3Cl)C2)cc1. The molecule has 0 aromatic heterocycles. The van der Waals surface area contributed by atoms with E-state index in [9.17, 15) is 14.7 Å². The summed E-state index contributed by atoms with van der Waals surface area (Å²) in [6.45, 7) is 2.00. The van der Waals surface area contributed by atoms with Crippen LogP contribution < -0.4 is 5.11 Å². The van der Waals surface area contributed by atoms with Crippen LogP contribution >= 0.6 is 11.6 Å². The minimum absolute atomic E-state index is 0.159. The molecule has 1 aliphatic heterocycles. The number of carbonyl (C=O) groups is 2. The van der Waals surface area contributed by atoms with Gasteiger partial charge in [0.15, 0.2) is 0 Å². The first-order chi connectivity index (χ1) is 12.5. The lowest BCUT2D eigenvalue weighted by molar-refractivity contribution is -0.305. The maximum Gasteiger partial charge on any atom is 0.243 e. The number of benzene rings is 2. The van der Waals surface area contributed by atoms with E-state index >= 15 is 0 Å². The second kappa shape index (κ2) is 7.70. The van der Waals surface area contributed by atoms with Gasteiger partial charge >= 0.3 is 0 Å². The fourth-order valence-electron chi connectivity index (χ4n) is 2.97. The number of aliphatic carboxylic acids is 1. The molecule has 0 spiro atoms. The summed E-state index contributed by atoms with van der Waals surface area (Å²) in [4.78, 5) is 23.3. The van der Waals surface area contributed by atoms with Crippen molar-refractivity contribution >= 4 is 29.2 Å². The molecule has 0 bridgehead atoms. The van der Waals surface area contributed by atoms with Crippen molar-refractivity contribution in [2.24, 2.45) is 5.10 Å². The predicted octanol–water partition coefficient (Wildman–Crippen LogP) is 2.86. The largest absolute Gasteiger partial charge is 0.550 e. The van der Waals surface area contributed by atoms with Crippen molar-refractivity contribution in [3.05, 3.63) is 70.2 Å². The fraction of sp³-hybridized carbons (Fsp3) is 0.250. The van der Waals surface area contributed by atoms with Gasteiger partial charge in [-0.05, 0) is 30.5 Å². The summed E-state index contributed by atoms with van der Waals surface area (Å²) in [6, 6.07) is 14.9. The highest BCUT2D eigenvalue weighted by Gasteiger charge is 2.33. The van der Waals surface area contributed by atoms with Crippen molar-refractivity contribution in [1.29, 1.82) is 0 Å². The van der Waals surface area contributed by atoms with Crippen LogP contribution in [0.3, 0.4) is 0 Å². The van der Waals surface area contributed by atoms with Gasteiger partial charge in [-0.25, -0.2) is 5.01 Å². The summed E-state index contributed by atoms with van der Waals surface area (Å²) in [5.74, 6) is -1.61. The molecule has 0 fully saturated rings. The summed E-state index contributed by atoms with van der Waals surface area (Å²) < 4.78 is 0. The number of hydrogen-bond acceptors (Lipinski definition) is 4. The molecule has 0 saturated heterocycles. The molecule has 3 rings (SSSR count). The molecular formula is C20H18ClN2O3-. The highest BCUT2D eigenvalue weighted by molar-refractivity contribution is 6.31. The van der Waals surface area contributed by atoms with Gasteiger partial charge in [-0.3, -0.25) is 4.79 Å².